The predicted molar refractivity (Wildman–Crippen MR) is 75.9 cm³/mol. The summed E-state index contributed by atoms with van der Waals surface area (Å²) >= 11 is 0. The molecule has 0 radical (unpaired) electrons. The van der Waals surface area contributed by atoms with Crippen LogP contribution < -0.4 is 5.32 Å². The molecule has 2 aliphatic heterocycles. The van der Waals surface area contributed by atoms with Crippen molar-refractivity contribution in [3.8, 4) is 0 Å². The monoisotopic (exact) mass is 298 g/mol. The lowest BCUT2D eigenvalue weighted by Gasteiger charge is -2.24. The lowest BCUT2D eigenvalue weighted by molar-refractivity contribution is 0.339. The topological polar surface area (TPSA) is 67.2 Å². The van der Waals surface area contributed by atoms with Gasteiger partial charge in [0.25, 0.3) is 10.0 Å². The Morgan fingerprint density at radius 3 is 2.90 bits per heavy atom. The van der Waals surface area contributed by atoms with E-state index < -0.39 is 10.0 Å². The number of rotatable bonds is 3. The van der Waals surface area contributed by atoms with Gasteiger partial charge in [0.15, 0.2) is 5.03 Å². The molecule has 0 spiro atoms. The van der Waals surface area contributed by atoms with Crippen LogP contribution in [0.25, 0.3) is 0 Å². The van der Waals surface area contributed by atoms with Gasteiger partial charge >= 0.3 is 0 Å². The van der Waals surface area contributed by atoms with E-state index in [1.165, 1.54) is 0 Å². The van der Waals surface area contributed by atoms with Gasteiger partial charge in [-0.3, -0.25) is 0 Å². The van der Waals surface area contributed by atoms with Crippen molar-refractivity contribution in [2.24, 2.45) is 5.92 Å². The third-order valence-electron chi connectivity index (χ3n) is 4.46. The second-order valence-electron chi connectivity index (χ2n) is 5.70. The Bertz CT molecular complexity index is 582. The number of imidazole rings is 1. The average Bonchev–Trinajstić information content (AvgIpc) is 3.02. The van der Waals surface area contributed by atoms with Gasteiger partial charge in [-0.1, -0.05) is 0 Å². The first-order chi connectivity index (χ1) is 9.52. The summed E-state index contributed by atoms with van der Waals surface area (Å²) in [6, 6.07) is 0.313. The van der Waals surface area contributed by atoms with Crippen molar-refractivity contribution >= 4 is 10.0 Å². The van der Waals surface area contributed by atoms with Crippen molar-refractivity contribution in [3.05, 3.63) is 12.0 Å². The summed E-state index contributed by atoms with van der Waals surface area (Å²) < 4.78 is 28.8. The molecule has 2 aliphatic rings. The lowest BCUT2D eigenvalue weighted by Crippen LogP contribution is -2.41. The van der Waals surface area contributed by atoms with E-state index in [1.54, 1.807) is 10.5 Å². The summed E-state index contributed by atoms with van der Waals surface area (Å²) in [5.41, 5.74) is 0. The third-order valence-corrected chi connectivity index (χ3v) is 6.17. The number of fused-ring (bicyclic) bond motifs is 1. The number of hydrogen-bond donors (Lipinski definition) is 1. The maximum atomic E-state index is 12.7. The summed E-state index contributed by atoms with van der Waals surface area (Å²) in [6.45, 7) is 6.76. The first-order valence-corrected chi connectivity index (χ1v) is 8.73. The molecule has 1 N–H and O–H groups in total. The number of aryl methyl sites for hydroxylation is 2. The van der Waals surface area contributed by atoms with E-state index in [4.69, 9.17) is 0 Å². The maximum Gasteiger partial charge on any atom is 0.262 e. The van der Waals surface area contributed by atoms with Crippen LogP contribution in [0.15, 0.2) is 11.2 Å². The highest BCUT2D eigenvalue weighted by Crippen LogP contribution is 2.29. The molecule has 3 rings (SSSR count). The molecular weight excluding hydrogens is 276 g/mol. The Morgan fingerprint density at radius 2 is 2.25 bits per heavy atom. The Labute approximate surface area is 120 Å². The predicted octanol–water partition coefficient (Wildman–Crippen LogP) is 0.584. The minimum Gasteiger partial charge on any atom is -0.334 e. The minimum atomic E-state index is -3.45. The fourth-order valence-electron chi connectivity index (χ4n) is 3.26. The van der Waals surface area contributed by atoms with Gasteiger partial charge < -0.3 is 9.88 Å². The van der Waals surface area contributed by atoms with Gasteiger partial charge in [0.05, 0.1) is 0 Å². The van der Waals surface area contributed by atoms with E-state index in [-0.39, 0.29) is 5.03 Å². The van der Waals surface area contributed by atoms with Crippen LogP contribution in [0.2, 0.25) is 0 Å². The quantitative estimate of drug-likeness (QED) is 0.886. The molecule has 20 heavy (non-hydrogen) atoms. The minimum absolute atomic E-state index is 0.190. The molecule has 0 unspecified atom stereocenters. The molecule has 2 atom stereocenters. The molecule has 2 saturated heterocycles. The maximum absolute atomic E-state index is 12.7. The van der Waals surface area contributed by atoms with Crippen LogP contribution in [-0.2, 0) is 16.6 Å². The zero-order valence-electron chi connectivity index (χ0n) is 12.0. The molecule has 1 aromatic rings. The molecule has 0 aromatic carbocycles. The molecule has 0 saturated carbocycles. The SMILES string of the molecule is CCn1cc(S(=O)(=O)N2C[C@@H]3CCCN[C@@H]3C2)nc1C. The number of nitrogens with one attached hydrogen (secondary N) is 1. The summed E-state index contributed by atoms with van der Waals surface area (Å²) in [7, 11) is -3.45. The molecule has 1 aromatic heterocycles. The van der Waals surface area contributed by atoms with Gasteiger partial charge in [0.1, 0.15) is 5.82 Å². The van der Waals surface area contributed by atoms with E-state index in [1.807, 2.05) is 18.4 Å². The normalized spacial score (nSPS) is 27.7. The standard InChI is InChI=1S/C13H22N4O2S/c1-3-16-9-13(15-10(16)2)20(18,19)17-7-11-5-4-6-14-12(11)8-17/h9,11-12,14H,3-8H2,1-2H3/t11-,12+/m0/s1. The highest BCUT2D eigenvalue weighted by molar-refractivity contribution is 7.89. The van der Waals surface area contributed by atoms with Gasteiger partial charge in [0.2, 0.25) is 0 Å². The Morgan fingerprint density at radius 1 is 1.45 bits per heavy atom. The van der Waals surface area contributed by atoms with Gasteiger partial charge in [-0.05, 0) is 39.2 Å². The fourth-order valence-corrected chi connectivity index (χ4v) is 4.78. The van der Waals surface area contributed by atoms with Crippen LogP contribution in [0, 0.1) is 12.8 Å². The second-order valence-corrected chi connectivity index (χ2v) is 7.58. The van der Waals surface area contributed by atoms with E-state index in [0.717, 1.165) is 31.8 Å². The van der Waals surface area contributed by atoms with Crippen molar-refractivity contribution < 1.29 is 8.42 Å². The van der Waals surface area contributed by atoms with Crippen LogP contribution in [0.5, 0.6) is 0 Å². The smallest absolute Gasteiger partial charge is 0.262 e. The van der Waals surface area contributed by atoms with Gasteiger partial charge in [-0.15, -0.1) is 0 Å². The van der Waals surface area contributed by atoms with Crippen molar-refractivity contribution in [1.29, 1.82) is 0 Å². The van der Waals surface area contributed by atoms with Crippen LogP contribution in [0.3, 0.4) is 0 Å². The Hall–Kier alpha value is -0.920. The highest BCUT2D eigenvalue weighted by Gasteiger charge is 2.41. The largest absolute Gasteiger partial charge is 0.334 e. The van der Waals surface area contributed by atoms with Crippen LogP contribution in [-0.4, -0.2) is 48.0 Å². The molecule has 2 fully saturated rings. The van der Waals surface area contributed by atoms with Gasteiger partial charge in [-0.2, -0.15) is 4.31 Å². The van der Waals surface area contributed by atoms with Crippen molar-refractivity contribution in [3.63, 3.8) is 0 Å². The molecule has 0 bridgehead atoms. The zero-order valence-corrected chi connectivity index (χ0v) is 12.9. The zero-order chi connectivity index (χ0) is 14.3. The number of aromatic nitrogens is 2. The van der Waals surface area contributed by atoms with E-state index in [2.05, 4.69) is 10.3 Å². The van der Waals surface area contributed by atoms with Crippen molar-refractivity contribution in [2.45, 2.75) is 44.3 Å². The second kappa shape index (κ2) is 5.13. The number of hydrogen-bond acceptors (Lipinski definition) is 4. The molecule has 7 heteroatoms. The number of piperidine rings is 1. The van der Waals surface area contributed by atoms with E-state index in [9.17, 15) is 8.42 Å². The lowest BCUT2D eigenvalue weighted by atomic mass is 9.94. The summed E-state index contributed by atoms with van der Waals surface area (Å²) in [5, 5.41) is 3.62. The molecule has 6 nitrogen and oxygen atoms in total. The number of sulfonamides is 1. The first-order valence-electron chi connectivity index (χ1n) is 7.29. The molecule has 0 aliphatic carbocycles. The van der Waals surface area contributed by atoms with Crippen molar-refractivity contribution in [1.82, 2.24) is 19.2 Å². The summed E-state index contributed by atoms with van der Waals surface area (Å²) in [5.74, 6) is 1.20. The van der Waals surface area contributed by atoms with E-state index in [0.29, 0.717) is 25.0 Å². The third kappa shape index (κ3) is 2.27. The molecule has 112 valence electrons. The Kier molecular flexibility index (Phi) is 3.60. The van der Waals surface area contributed by atoms with Crippen LogP contribution >= 0.6 is 0 Å². The fraction of sp³-hybridized carbons (Fsp3) is 0.769. The molecule has 3 heterocycles. The van der Waals surface area contributed by atoms with Gasteiger partial charge in [-0.25, -0.2) is 13.4 Å². The first kappa shape index (κ1) is 14.0. The summed E-state index contributed by atoms with van der Waals surface area (Å²) in [4.78, 5) is 4.23. The average molecular weight is 298 g/mol. The van der Waals surface area contributed by atoms with Crippen LogP contribution in [0.4, 0.5) is 0 Å². The Balaban J connectivity index is 1.84. The molecular formula is C13H22N4O2S. The highest BCUT2D eigenvalue weighted by atomic mass is 32.2. The van der Waals surface area contributed by atoms with E-state index >= 15 is 0 Å². The molecule has 0 amide bonds. The number of nitrogens with zero attached hydrogens (tertiary/aromatic N) is 3. The van der Waals surface area contributed by atoms with Gasteiger partial charge in [0, 0.05) is 31.9 Å². The van der Waals surface area contributed by atoms with Crippen molar-refractivity contribution in [2.75, 3.05) is 19.6 Å². The summed E-state index contributed by atoms with van der Waals surface area (Å²) in [6.07, 6.45) is 3.91. The van der Waals surface area contributed by atoms with Crippen LogP contribution in [0.1, 0.15) is 25.6 Å².